The quantitative estimate of drug-likeness (QED) is 0.599. The van der Waals surface area contributed by atoms with Gasteiger partial charge in [-0.25, -0.2) is 4.79 Å². The van der Waals surface area contributed by atoms with Gasteiger partial charge in [0.2, 0.25) is 6.10 Å². The van der Waals surface area contributed by atoms with Crippen molar-refractivity contribution in [1.29, 1.82) is 0 Å². The molecule has 0 N–H and O–H groups in total. The molecule has 2 aromatic rings. The molecule has 0 unspecified atom stereocenters. The summed E-state index contributed by atoms with van der Waals surface area (Å²) in [6, 6.07) is 14.4. The highest BCUT2D eigenvalue weighted by atomic mass is 35.5. The minimum absolute atomic E-state index is 0.300. The predicted octanol–water partition coefficient (Wildman–Crippen LogP) is 4.03. The minimum atomic E-state index is -0.977. The molecule has 0 aliphatic heterocycles. The van der Waals surface area contributed by atoms with Crippen LogP contribution in [0.5, 0.6) is 0 Å². The number of benzene rings is 2. The molecule has 130 valence electrons. The van der Waals surface area contributed by atoms with E-state index in [0.29, 0.717) is 10.6 Å². The van der Waals surface area contributed by atoms with Crippen molar-refractivity contribution >= 4 is 29.6 Å². The highest BCUT2D eigenvalue weighted by molar-refractivity contribution is 6.31. The zero-order chi connectivity index (χ0) is 18.4. The Balaban J connectivity index is 2.15. The van der Waals surface area contributed by atoms with E-state index in [9.17, 15) is 9.59 Å². The fraction of sp³-hybridized carbons (Fsp3) is 0.200. The number of aryl methyl sites for hydroxylation is 1. The van der Waals surface area contributed by atoms with Crippen molar-refractivity contribution in [2.24, 2.45) is 0 Å². The van der Waals surface area contributed by atoms with Crippen molar-refractivity contribution in [3.63, 3.8) is 0 Å². The van der Waals surface area contributed by atoms with Crippen LogP contribution in [0, 0.1) is 6.92 Å². The van der Waals surface area contributed by atoms with Crippen LogP contribution in [0.15, 0.2) is 54.6 Å². The van der Waals surface area contributed by atoms with Gasteiger partial charge in [0.25, 0.3) is 5.91 Å². The van der Waals surface area contributed by atoms with Crippen LogP contribution in [-0.2, 0) is 14.3 Å². The molecule has 0 saturated heterocycles. The number of carbonyl (C=O) groups is 2. The number of amides is 1. The third-order valence-corrected chi connectivity index (χ3v) is 4.02. The van der Waals surface area contributed by atoms with Crippen LogP contribution in [0.4, 0.5) is 0 Å². The van der Waals surface area contributed by atoms with Crippen molar-refractivity contribution < 1.29 is 14.3 Å². The van der Waals surface area contributed by atoms with Gasteiger partial charge in [-0.1, -0.05) is 54.1 Å². The molecule has 0 aliphatic carbocycles. The lowest BCUT2D eigenvalue weighted by Gasteiger charge is -2.20. The number of halogens is 1. The summed E-state index contributed by atoms with van der Waals surface area (Å²) in [6.45, 7) is 1.90. The van der Waals surface area contributed by atoms with E-state index in [1.165, 1.54) is 11.0 Å². The van der Waals surface area contributed by atoms with Gasteiger partial charge >= 0.3 is 5.97 Å². The minimum Gasteiger partial charge on any atom is -0.444 e. The summed E-state index contributed by atoms with van der Waals surface area (Å²) in [7, 11) is 3.24. The largest absolute Gasteiger partial charge is 0.444 e. The van der Waals surface area contributed by atoms with Crippen molar-refractivity contribution in [3.8, 4) is 0 Å². The predicted molar refractivity (Wildman–Crippen MR) is 99.2 cm³/mol. The molecule has 0 heterocycles. The number of hydrogen-bond acceptors (Lipinski definition) is 3. The Morgan fingerprint density at radius 1 is 1.12 bits per heavy atom. The zero-order valence-electron chi connectivity index (χ0n) is 14.4. The first kappa shape index (κ1) is 18.7. The van der Waals surface area contributed by atoms with E-state index in [1.54, 1.807) is 50.5 Å². The van der Waals surface area contributed by atoms with Gasteiger partial charge in [-0.05, 0) is 30.2 Å². The summed E-state index contributed by atoms with van der Waals surface area (Å²) >= 11 is 6.07. The van der Waals surface area contributed by atoms with Gasteiger partial charge in [0.15, 0.2) is 0 Å². The number of likely N-dealkylation sites (N-methyl/N-ethyl adjacent to an activating group) is 1. The fourth-order valence-corrected chi connectivity index (χ4v) is 2.34. The van der Waals surface area contributed by atoms with Gasteiger partial charge in [0.05, 0.1) is 0 Å². The van der Waals surface area contributed by atoms with Gasteiger partial charge in [-0.15, -0.1) is 0 Å². The number of nitrogens with zero attached hydrogens (tertiary/aromatic N) is 1. The maximum Gasteiger partial charge on any atom is 0.331 e. The number of ether oxygens (including phenoxy) is 1. The van der Waals surface area contributed by atoms with Crippen LogP contribution in [0.2, 0.25) is 5.02 Å². The standard InChI is InChI=1S/C20H20ClNO3/c1-14-9-10-15(13-17(14)21)11-12-18(23)25-19(20(24)22(2)3)16-7-5-4-6-8-16/h4-13,19H,1-3H3/b12-11+/t19-/m1/s1. The molecule has 0 radical (unpaired) electrons. The first-order valence-electron chi connectivity index (χ1n) is 7.79. The summed E-state index contributed by atoms with van der Waals surface area (Å²) in [6.07, 6.45) is 1.92. The van der Waals surface area contributed by atoms with E-state index >= 15 is 0 Å². The number of rotatable bonds is 5. The van der Waals surface area contributed by atoms with Crippen LogP contribution >= 0.6 is 11.6 Å². The normalized spacial score (nSPS) is 12.0. The molecule has 0 spiro atoms. The lowest BCUT2D eigenvalue weighted by atomic mass is 10.1. The van der Waals surface area contributed by atoms with E-state index in [0.717, 1.165) is 11.1 Å². The van der Waals surface area contributed by atoms with Crippen LogP contribution in [0.3, 0.4) is 0 Å². The number of carbonyl (C=O) groups excluding carboxylic acids is 2. The average Bonchev–Trinajstić information content (AvgIpc) is 2.60. The average molecular weight is 358 g/mol. The summed E-state index contributed by atoms with van der Waals surface area (Å²) in [4.78, 5) is 25.9. The van der Waals surface area contributed by atoms with Gasteiger partial charge < -0.3 is 9.64 Å². The molecule has 4 nitrogen and oxygen atoms in total. The van der Waals surface area contributed by atoms with Crippen molar-refractivity contribution in [3.05, 3.63) is 76.3 Å². The lowest BCUT2D eigenvalue weighted by Crippen LogP contribution is -2.30. The maximum atomic E-state index is 12.3. The SMILES string of the molecule is Cc1ccc(/C=C/C(=O)O[C@@H](C(=O)N(C)C)c2ccccc2)cc1Cl. The molecule has 25 heavy (non-hydrogen) atoms. The molecule has 1 atom stereocenters. The first-order chi connectivity index (χ1) is 11.9. The van der Waals surface area contributed by atoms with E-state index in [1.807, 2.05) is 25.1 Å². The molecule has 0 aromatic heterocycles. The second kappa shape index (κ2) is 8.49. The highest BCUT2D eigenvalue weighted by Gasteiger charge is 2.25. The van der Waals surface area contributed by atoms with Crippen molar-refractivity contribution in [2.45, 2.75) is 13.0 Å². The number of esters is 1. The summed E-state index contributed by atoms with van der Waals surface area (Å²) in [5.74, 6) is -0.896. The van der Waals surface area contributed by atoms with Crippen LogP contribution < -0.4 is 0 Å². The lowest BCUT2D eigenvalue weighted by molar-refractivity contribution is -0.155. The Bertz CT molecular complexity index is 785. The second-order valence-electron chi connectivity index (χ2n) is 5.80. The van der Waals surface area contributed by atoms with Crippen molar-refractivity contribution in [1.82, 2.24) is 4.90 Å². The summed E-state index contributed by atoms with van der Waals surface area (Å²) in [5.41, 5.74) is 2.37. The van der Waals surface area contributed by atoms with E-state index in [2.05, 4.69) is 0 Å². The molecule has 2 rings (SSSR count). The molecule has 0 fully saturated rings. The monoisotopic (exact) mass is 357 g/mol. The third kappa shape index (κ3) is 5.19. The van der Waals surface area contributed by atoms with E-state index < -0.39 is 12.1 Å². The second-order valence-corrected chi connectivity index (χ2v) is 6.21. The molecule has 0 bridgehead atoms. The Hall–Kier alpha value is -2.59. The summed E-state index contributed by atoms with van der Waals surface area (Å²) in [5, 5.41) is 0.625. The maximum absolute atomic E-state index is 12.3. The van der Waals surface area contributed by atoms with Crippen LogP contribution in [0.25, 0.3) is 6.08 Å². The molecule has 5 heteroatoms. The number of hydrogen-bond donors (Lipinski definition) is 0. The Kier molecular flexibility index (Phi) is 6.37. The van der Waals surface area contributed by atoms with Crippen LogP contribution in [-0.4, -0.2) is 30.9 Å². The van der Waals surface area contributed by atoms with Gasteiger partial charge in [0.1, 0.15) is 0 Å². The van der Waals surface area contributed by atoms with Crippen LogP contribution in [0.1, 0.15) is 22.8 Å². The molecule has 2 aromatic carbocycles. The van der Waals surface area contributed by atoms with Gasteiger partial charge in [-0.3, -0.25) is 4.79 Å². The highest BCUT2D eigenvalue weighted by Crippen LogP contribution is 2.21. The molecule has 1 amide bonds. The van der Waals surface area contributed by atoms with E-state index in [-0.39, 0.29) is 5.91 Å². The van der Waals surface area contributed by atoms with Crippen molar-refractivity contribution in [2.75, 3.05) is 14.1 Å². The van der Waals surface area contributed by atoms with Gasteiger partial charge in [-0.2, -0.15) is 0 Å². The molecule has 0 saturated carbocycles. The third-order valence-electron chi connectivity index (χ3n) is 3.61. The van der Waals surface area contributed by atoms with E-state index in [4.69, 9.17) is 16.3 Å². The Morgan fingerprint density at radius 2 is 1.80 bits per heavy atom. The Morgan fingerprint density at radius 3 is 2.40 bits per heavy atom. The molecule has 0 aliphatic rings. The van der Waals surface area contributed by atoms with Gasteiger partial charge in [0, 0.05) is 30.8 Å². The first-order valence-corrected chi connectivity index (χ1v) is 8.17. The fourth-order valence-electron chi connectivity index (χ4n) is 2.16. The Labute approximate surface area is 152 Å². The zero-order valence-corrected chi connectivity index (χ0v) is 15.2. The topological polar surface area (TPSA) is 46.6 Å². The molecular formula is C20H20ClNO3. The summed E-state index contributed by atoms with van der Waals surface area (Å²) < 4.78 is 5.39. The molecular weight excluding hydrogens is 338 g/mol. The smallest absolute Gasteiger partial charge is 0.331 e.